The van der Waals surface area contributed by atoms with Crippen LogP contribution in [-0.2, 0) is 16.1 Å². The maximum Gasteiger partial charge on any atom is 0.514 e. The molecule has 6 rings (SSSR count). The van der Waals surface area contributed by atoms with Gasteiger partial charge >= 0.3 is 6.16 Å². The number of carbonyl (C=O) groups excluding carboxylic acids is 3. The molecule has 10 nitrogen and oxygen atoms in total. The van der Waals surface area contributed by atoms with Crippen molar-refractivity contribution in [2.24, 2.45) is 5.92 Å². The van der Waals surface area contributed by atoms with Crippen molar-refractivity contribution < 1.29 is 38.6 Å². The SMILES string of the molecule is COC12C=CC(CC1)C1=C2C(=O)c2c(O)ccc(OC(=O)OCc3ccc([N+](=O)[O-])cc3)c2C1=O. The third-order valence-corrected chi connectivity index (χ3v) is 6.62. The van der Waals surface area contributed by atoms with Crippen molar-refractivity contribution in [3.63, 3.8) is 0 Å². The third-order valence-electron chi connectivity index (χ3n) is 6.62. The van der Waals surface area contributed by atoms with E-state index in [1.165, 1.54) is 43.5 Å². The summed E-state index contributed by atoms with van der Waals surface area (Å²) in [7, 11) is 1.47. The largest absolute Gasteiger partial charge is 0.514 e. The fourth-order valence-electron chi connectivity index (χ4n) is 4.90. The summed E-state index contributed by atoms with van der Waals surface area (Å²) in [6.45, 7) is -0.234. The van der Waals surface area contributed by atoms with Gasteiger partial charge in [0.25, 0.3) is 5.69 Å². The Morgan fingerprint density at radius 2 is 1.89 bits per heavy atom. The highest BCUT2D eigenvalue weighted by Gasteiger charge is 2.52. The molecule has 0 radical (unpaired) electrons. The summed E-state index contributed by atoms with van der Waals surface area (Å²) in [5.41, 5.74) is -0.611. The zero-order valence-corrected chi connectivity index (χ0v) is 18.5. The van der Waals surface area contributed by atoms with E-state index in [0.29, 0.717) is 18.4 Å². The van der Waals surface area contributed by atoms with Crippen LogP contribution in [0.3, 0.4) is 0 Å². The molecule has 0 fully saturated rings. The quantitative estimate of drug-likeness (QED) is 0.222. The number of benzene rings is 2. The van der Waals surface area contributed by atoms with E-state index in [4.69, 9.17) is 14.2 Å². The lowest BCUT2D eigenvalue weighted by Crippen LogP contribution is -2.47. The molecule has 0 amide bonds. The Labute approximate surface area is 198 Å². The Morgan fingerprint density at radius 1 is 1.14 bits per heavy atom. The Morgan fingerprint density at radius 3 is 2.51 bits per heavy atom. The van der Waals surface area contributed by atoms with Crippen molar-refractivity contribution in [2.75, 3.05) is 7.11 Å². The van der Waals surface area contributed by atoms with Crippen LogP contribution in [0.4, 0.5) is 10.5 Å². The number of allylic oxidation sites excluding steroid dienone is 2. The van der Waals surface area contributed by atoms with Crippen molar-refractivity contribution in [2.45, 2.75) is 25.0 Å². The molecule has 4 aliphatic rings. The number of ether oxygens (including phenoxy) is 3. The molecule has 4 aliphatic carbocycles. The smallest absolute Gasteiger partial charge is 0.507 e. The van der Waals surface area contributed by atoms with Crippen LogP contribution in [0.2, 0.25) is 0 Å². The van der Waals surface area contributed by atoms with Gasteiger partial charge in [-0.2, -0.15) is 0 Å². The number of Topliss-reactive ketones (excluding diaryl/α,β-unsaturated/α-hetero) is 2. The van der Waals surface area contributed by atoms with Crippen molar-refractivity contribution in [3.05, 3.63) is 86.5 Å². The number of non-ortho nitro benzene ring substituents is 1. The van der Waals surface area contributed by atoms with Gasteiger partial charge in [-0.25, -0.2) is 4.79 Å². The molecule has 2 atom stereocenters. The number of hydrogen-bond acceptors (Lipinski definition) is 9. The van der Waals surface area contributed by atoms with E-state index >= 15 is 0 Å². The number of nitrogens with zero attached hydrogens (tertiary/aromatic N) is 1. The van der Waals surface area contributed by atoms with Crippen LogP contribution in [0.25, 0.3) is 0 Å². The normalized spacial score (nSPS) is 22.0. The topological polar surface area (TPSA) is 142 Å². The highest BCUT2D eigenvalue weighted by Crippen LogP contribution is 2.52. The van der Waals surface area contributed by atoms with Crippen molar-refractivity contribution >= 4 is 23.4 Å². The molecule has 2 bridgehead atoms. The molecular weight excluding hydrogens is 458 g/mol. The van der Waals surface area contributed by atoms with Crippen LogP contribution in [0.1, 0.15) is 39.1 Å². The first kappa shape index (κ1) is 22.5. The van der Waals surface area contributed by atoms with Gasteiger partial charge in [0.2, 0.25) is 0 Å². The van der Waals surface area contributed by atoms with Gasteiger partial charge in [0, 0.05) is 36.3 Å². The standard InChI is InChI=1S/C25H19NO9/c1-33-25-10-8-14(9-11-25)18-21(25)23(29)19-16(27)6-7-17(20(19)22(18)28)35-24(30)34-12-13-2-4-15(5-3-13)26(31)32/h2-8,10,14,27H,9,11-12H2,1H3. The predicted molar refractivity (Wildman–Crippen MR) is 119 cm³/mol. The number of rotatable bonds is 5. The predicted octanol–water partition coefficient (Wildman–Crippen LogP) is 4.06. The minimum absolute atomic E-state index is 0.106. The maximum absolute atomic E-state index is 13.6. The van der Waals surface area contributed by atoms with Gasteiger partial charge in [0.1, 0.15) is 23.7 Å². The van der Waals surface area contributed by atoms with Gasteiger partial charge < -0.3 is 19.3 Å². The molecule has 0 heterocycles. The number of carbonyl (C=O) groups is 3. The van der Waals surface area contributed by atoms with Gasteiger partial charge in [0.05, 0.1) is 16.1 Å². The lowest BCUT2D eigenvalue weighted by atomic mass is 9.62. The number of methoxy groups -OCH3 is 1. The molecule has 2 unspecified atom stereocenters. The fraction of sp³-hybridized carbons (Fsp3) is 0.240. The van der Waals surface area contributed by atoms with Crippen LogP contribution in [0.5, 0.6) is 11.5 Å². The van der Waals surface area contributed by atoms with Gasteiger partial charge in [0.15, 0.2) is 11.6 Å². The first-order valence-corrected chi connectivity index (χ1v) is 10.8. The fourth-order valence-corrected chi connectivity index (χ4v) is 4.90. The minimum Gasteiger partial charge on any atom is -0.507 e. The molecule has 35 heavy (non-hydrogen) atoms. The van der Waals surface area contributed by atoms with Crippen LogP contribution >= 0.6 is 0 Å². The Kier molecular flexibility index (Phi) is 5.25. The number of aromatic hydroxyl groups is 1. The summed E-state index contributed by atoms with van der Waals surface area (Å²) in [6, 6.07) is 7.80. The first-order valence-electron chi connectivity index (χ1n) is 10.8. The summed E-state index contributed by atoms with van der Waals surface area (Å²) in [4.78, 5) is 49.6. The average molecular weight is 477 g/mol. The number of nitro groups is 1. The summed E-state index contributed by atoms with van der Waals surface area (Å²) in [6.07, 6.45) is 3.62. The van der Waals surface area contributed by atoms with Gasteiger partial charge in [-0.3, -0.25) is 19.7 Å². The Hall–Kier alpha value is -4.31. The second-order valence-corrected chi connectivity index (χ2v) is 8.44. The summed E-state index contributed by atoms with van der Waals surface area (Å²) in [5.74, 6) is -1.97. The van der Waals surface area contributed by atoms with E-state index < -0.39 is 34.0 Å². The maximum atomic E-state index is 13.6. The molecule has 2 aromatic rings. The van der Waals surface area contributed by atoms with Gasteiger partial charge in [-0.05, 0) is 42.7 Å². The minimum atomic E-state index is -1.14. The van der Waals surface area contributed by atoms with Gasteiger partial charge in [-0.1, -0.05) is 12.2 Å². The highest BCUT2D eigenvalue weighted by molar-refractivity contribution is 6.30. The molecule has 1 N–H and O–H groups in total. The van der Waals surface area contributed by atoms with E-state index in [-0.39, 0.29) is 46.2 Å². The van der Waals surface area contributed by atoms with E-state index in [2.05, 4.69) is 0 Å². The van der Waals surface area contributed by atoms with Crippen LogP contribution in [-0.4, -0.2) is 40.5 Å². The van der Waals surface area contributed by atoms with E-state index in [0.717, 1.165) is 0 Å². The average Bonchev–Trinajstić information content (AvgIpc) is 2.87. The first-order chi connectivity index (χ1) is 16.8. The third kappa shape index (κ3) is 3.50. The lowest BCUT2D eigenvalue weighted by Gasteiger charge is -2.45. The molecule has 178 valence electrons. The van der Waals surface area contributed by atoms with Gasteiger partial charge in [-0.15, -0.1) is 0 Å². The number of nitro benzene ring substituents is 1. The van der Waals surface area contributed by atoms with Crippen molar-refractivity contribution in [3.8, 4) is 11.5 Å². The molecule has 0 spiro atoms. The van der Waals surface area contributed by atoms with E-state index in [9.17, 15) is 29.6 Å². The van der Waals surface area contributed by atoms with Crippen LogP contribution < -0.4 is 4.74 Å². The van der Waals surface area contributed by atoms with E-state index in [1.54, 1.807) is 6.08 Å². The monoisotopic (exact) mass is 477 g/mol. The summed E-state index contributed by atoms with van der Waals surface area (Å²) >= 11 is 0. The number of phenolic OH excluding ortho intramolecular Hbond substituents is 1. The molecule has 0 aromatic heterocycles. The number of fused-ring (bicyclic) bond motifs is 2. The molecule has 2 aromatic carbocycles. The number of phenols is 1. The van der Waals surface area contributed by atoms with Crippen LogP contribution in [0, 0.1) is 16.0 Å². The number of ketones is 2. The lowest BCUT2D eigenvalue weighted by molar-refractivity contribution is -0.384. The summed E-state index contributed by atoms with van der Waals surface area (Å²) < 4.78 is 16.0. The molecule has 10 heteroatoms. The summed E-state index contributed by atoms with van der Waals surface area (Å²) in [5, 5.41) is 21.2. The second kappa shape index (κ2) is 8.17. The zero-order chi connectivity index (χ0) is 24.9. The molecular formula is C25H19NO9. The van der Waals surface area contributed by atoms with E-state index in [1.807, 2.05) is 6.08 Å². The molecule has 0 aliphatic heterocycles. The molecule has 0 saturated heterocycles. The Bertz CT molecular complexity index is 1360. The highest BCUT2D eigenvalue weighted by atomic mass is 16.7. The van der Waals surface area contributed by atoms with Crippen molar-refractivity contribution in [1.82, 2.24) is 0 Å². The molecule has 0 saturated carbocycles. The Balaban J connectivity index is 1.42. The second-order valence-electron chi connectivity index (χ2n) is 8.44. The van der Waals surface area contributed by atoms with Crippen molar-refractivity contribution in [1.29, 1.82) is 0 Å². The zero-order valence-electron chi connectivity index (χ0n) is 18.5. The van der Waals surface area contributed by atoms with Crippen LogP contribution in [0.15, 0.2) is 59.7 Å². The number of hydrogen-bond donors (Lipinski definition) is 1.